The SMILES string of the molecule is COc1ccccc1N1C(=O)C(Cl)=C(Nc2cccc(C)c2C)C1=O. The second-order valence-corrected chi connectivity index (χ2v) is 6.06. The minimum Gasteiger partial charge on any atom is -0.495 e. The highest BCUT2D eigenvalue weighted by Gasteiger charge is 2.40. The Kier molecular flexibility index (Phi) is 4.51. The fourth-order valence-corrected chi connectivity index (χ4v) is 2.88. The minimum absolute atomic E-state index is 0.0614. The molecule has 1 aliphatic rings. The number of nitrogens with one attached hydrogen (secondary N) is 1. The predicted octanol–water partition coefficient (Wildman–Crippen LogP) is 3.75. The first kappa shape index (κ1) is 17.0. The van der Waals surface area contributed by atoms with Gasteiger partial charge in [-0.25, -0.2) is 4.90 Å². The van der Waals surface area contributed by atoms with E-state index in [-0.39, 0.29) is 10.7 Å². The molecular weight excluding hydrogens is 340 g/mol. The lowest BCUT2D eigenvalue weighted by atomic mass is 10.1. The summed E-state index contributed by atoms with van der Waals surface area (Å²) in [5.74, 6) is -0.675. The van der Waals surface area contributed by atoms with Crippen molar-refractivity contribution >= 4 is 34.8 Å². The first-order chi connectivity index (χ1) is 12.0. The molecule has 0 bridgehead atoms. The average molecular weight is 357 g/mol. The van der Waals surface area contributed by atoms with Crippen LogP contribution in [0.5, 0.6) is 5.75 Å². The van der Waals surface area contributed by atoms with E-state index in [0.29, 0.717) is 11.4 Å². The highest BCUT2D eigenvalue weighted by atomic mass is 35.5. The van der Waals surface area contributed by atoms with Crippen molar-refractivity contribution in [2.45, 2.75) is 13.8 Å². The molecule has 2 aromatic carbocycles. The first-order valence-corrected chi connectivity index (χ1v) is 8.08. The van der Waals surface area contributed by atoms with Crippen molar-refractivity contribution in [3.63, 3.8) is 0 Å². The number of benzene rings is 2. The molecule has 0 aliphatic carbocycles. The number of amides is 2. The van der Waals surface area contributed by atoms with E-state index in [1.807, 2.05) is 32.0 Å². The van der Waals surface area contributed by atoms with Gasteiger partial charge in [-0.1, -0.05) is 35.9 Å². The third kappa shape index (κ3) is 2.87. The zero-order valence-corrected chi connectivity index (χ0v) is 14.8. The standard InChI is InChI=1S/C19H17ClN2O3/c1-11-7-6-8-13(12(11)2)21-17-16(20)18(23)22(19(17)24)14-9-4-5-10-15(14)25-3/h4-10,21H,1-3H3. The number of ether oxygens (including phenoxy) is 1. The number of carbonyl (C=O) groups is 2. The van der Waals surface area contributed by atoms with Gasteiger partial charge in [0.1, 0.15) is 16.5 Å². The lowest BCUT2D eigenvalue weighted by Gasteiger charge is -2.18. The minimum atomic E-state index is -0.580. The third-order valence-corrected chi connectivity index (χ3v) is 4.57. The summed E-state index contributed by atoms with van der Waals surface area (Å²) in [6, 6.07) is 12.5. The second kappa shape index (κ2) is 6.61. The van der Waals surface area contributed by atoms with Crippen LogP contribution in [0.2, 0.25) is 0 Å². The van der Waals surface area contributed by atoms with Gasteiger partial charge in [0.25, 0.3) is 11.8 Å². The topological polar surface area (TPSA) is 58.6 Å². The number of methoxy groups -OCH3 is 1. The van der Waals surface area contributed by atoms with Crippen LogP contribution in [0.25, 0.3) is 0 Å². The molecule has 0 unspecified atom stereocenters. The molecule has 0 fully saturated rings. The van der Waals surface area contributed by atoms with Gasteiger partial charge >= 0.3 is 0 Å². The molecule has 1 aliphatic heterocycles. The van der Waals surface area contributed by atoms with Gasteiger partial charge in [0.05, 0.1) is 12.8 Å². The third-order valence-electron chi connectivity index (χ3n) is 4.22. The molecule has 0 saturated carbocycles. The number of para-hydroxylation sites is 2. The molecule has 5 nitrogen and oxygen atoms in total. The Balaban J connectivity index is 1.99. The van der Waals surface area contributed by atoms with Crippen molar-refractivity contribution < 1.29 is 14.3 Å². The van der Waals surface area contributed by atoms with E-state index in [9.17, 15) is 9.59 Å². The van der Waals surface area contributed by atoms with Crippen LogP contribution in [0.15, 0.2) is 53.2 Å². The van der Waals surface area contributed by atoms with Gasteiger partial charge in [0.2, 0.25) is 0 Å². The number of imide groups is 1. The molecule has 1 N–H and O–H groups in total. The van der Waals surface area contributed by atoms with E-state index >= 15 is 0 Å². The molecule has 0 aromatic heterocycles. The fraction of sp³-hybridized carbons (Fsp3) is 0.158. The van der Waals surface area contributed by atoms with Crippen LogP contribution in [0, 0.1) is 13.8 Å². The number of anilines is 2. The molecule has 128 valence electrons. The van der Waals surface area contributed by atoms with Crippen molar-refractivity contribution in [2.24, 2.45) is 0 Å². The molecular formula is C19H17ClN2O3. The maximum Gasteiger partial charge on any atom is 0.283 e. The molecule has 0 atom stereocenters. The Bertz CT molecular complexity index is 905. The largest absolute Gasteiger partial charge is 0.495 e. The number of rotatable bonds is 4. The summed E-state index contributed by atoms with van der Waals surface area (Å²) >= 11 is 6.17. The smallest absolute Gasteiger partial charge is 0.283 e. The van der Waals surface area contributed by atoms with E-state index in [2.05, 4.69) is 5.32 Å². The van der Waals surface area contributed by atoms with Crippen molar-refractivity contribution in [1.29, 1.82) is 0 Å². The zero-order chi connectivity index (χ0) is 18.1. The van der Waals surface area contributed by atoms with Crippen molar-refractivity contribution in [3.05, 3.63) is 64.3 Å². The second-order valence-electron chi connectivity index (χ2n) is 5.68. The summed E-state index contributed by atoms with van der Waals surface area (Å²) in [6.45, 7) is 3.91. The average Bonchev–Trinajstić information content (AvgIpc) is 2.82. The molecule has 0 spiro atoms. The van der Waals surface area contributed by atoms with Gasteiger partial charge in [0, 0.05) is 5.69 Å². The highest BCUT2D eigenvalue weighted by molar-refractivity contribution is 6.53. The molecule has 0 radical (unpaired) electrons. The molecule has 2 aromatic rings. The first-order valence-electron chi connectivity index (χ1n) is 7.70. The van der Waals surface area contributed by atoms with Gasteiger partial charge in [0.15, 0.2) is 0 Å². The normalized spacial score (nSPS) is 14.3. The number of halogens is 1. The van der Waals surface area contributed by atoms with Crippen LogP contribution in [0.4, 0.5) is 11.4 Å². The molecule has 2 amide bonds. The zero-order valence-electron chi connectivity index (χ0n) is 14.1. The van der Waals surface area contributed by atoms with Crippen molar-refractivity contribution in [2.75, 3.05) is 17.3 Å². The fourth-order valence-electron chi connectivity index (χ4n) is 2.67. The van der Waals surface area contributed by atoms with Crippen molar-refractivity contribution in [1.82, 2.24) is 0 Å². The van der Waals surface area contributed by atoms with Gasteiger partial charge in [-0.05, 0) is 43.2 Å². The highest BCUT2D eigenvalue weighted by Crippen LogP contribution is 2.35. The van der Waals surface area contributed by atoms with E-state index in [1.165, 1.54) is 7.11 Å². The Morgan fingerprint density at radius 2 is 1.72 bits per heavy atom. The van der Waals surface area contributed by atoms with E-state index in [0.717, 1.165) is 21.7 Å². The summed E-state index contributed by atoms with van der Waals surface area (Å²) in [5, 5.41) is 2.87. The maximum atomic E-state index is 12.8. The Hall–Kier alpha value is -2.79. The number of nitrogens with zero attached hydrogens (tertiary/aromatic N) is 1. The van der Waals surface area contributed by atoms with Crippen LogP contribution >= 0.6 is 11.6 Å². The summed E-state index contributed by atoms with van der Waals surface area (Å²) < 4.78 is 5.25. The Morgan fingerprint density at radius 3 is 2.44 bits per heavy atom. The maximum absolute atomic E-state index is 12.8. The summed E-state index contributed by atoms with van der Waals surface area (Å²) in [6.07, 6.45) is 0. The molecule has 3 rings (SSSR count). The monoisotopic (exact) mass is 356 g/mol. The lowest BCUT2D eigenvalue weighted by Crippen LogP contribution is -2.32. The van der Waals surface area contributed by atoms with Crippen LogP contribution < -0.4 is 15.0 Å². The van der Waals surface area contributed by atoms with Crippen LogP contribution in [0.1, 0.15) is 11.1 Å². The summed E-state index contributed by atoms with van der Waals surface area (Å²) in [7, 11) is 1.48. The summed E-state index contributed by atoms with van der Waals surface area (Å²) in [5.41, 5.74) is 3.20. The van der Waals surface area contributed by atoms with Crippen LogP contribution in [-0.2, 0) is 9.59 Å². The Morgan fingerprint density at radius 1 is 1.00 bits per heavy atom. The van der Waals surface area contributed by atoms with Gasteiger partial charge in [-0.3, -0.25) is 9.59 Å². The number of hydrogen-bond donors (Lipinski definition) is 1. The van der Waals surface area contributed by atoms with Crippen LogP contribution in [-0.4, -0.2) is 18.9 Å². The molecule has 6 heteroatoms. The number of hydrogen-bond acceptors (Lipinski definition) is 4. The van der Waals surface area contributed by atoms with Gasteiger partial charge in [-0.15, -0.1) is 0 Å². The van der Waals surface area contributed by atoms with Gasteiger partial charge < -0.3 is 10.1 Å². The number of aryl methyl sites for hydroxylation is 1. The molecule has 1 heterocycles. The van der Waals surface area contributed by atoms with E-state index < -0.39 is 11.8 Å². The molecule has 25 heavy (non-hydrogen) atoms. The van der Waals surface area contributed by atoms with Gasteiger partial charge in [-0.2, -0.15) is 0 Å². The van der Waals surface area contributed by atoms with Crippen molar-refractivity contribution in [3.8, 4) is 5.75 Å². The van der Waals surface area contributed by atoms with E-state index in [4.69, 9.17) is 16.3 Å². The van der Waals surface area contributed by atoms with E-state index in [1.54, 1.807) is 24.3 Å². The lowest BCUT2D eigenvalue weighted by molar-refractivity contribution is -0.120. The quantitative estimate of drug-likeness (QED) is 0.848. The summed E-state index contributed by atoms with van der Waals surface area (Å²) in [4.78, 5) is 26.4. The number of carbonyl (C=O) groups excluding carboxylic acids is 2. The Labute approximate surface area is 150 Å². The molecule has 0 saturated heterocycles. The predicted molar refractivity (Wildman–Crippen MR) is 97.9 cm³/mol. The van der Waals surface area contributed by atoms with Crippen LogP contribution in [0.3, 0.4) is 0 Å².